The number of non-ortho nitro benzene ring substituents is 1. The molecule has 1 heterocycles. The highest BCUT2D eigenvalue weighted by Gasteiger charge is 2.26. The van der Waals surface area contributed by atoms with Crippen LogP contribution in [0.1, 0.15) is 18.5 Å². The lowest BCUT2D eigenvalue weighted by Crippen LogP contribution is -2.48. The maximum absolute atomic E-state index is 11.5. The quantitative estimate of drug-likeness (QED) is 0.617. The average molecular weight is 313 g/mol. The van der Waals surface area contributed by atoms with E-state index in [9.17, 15) is 18.5 Å². The van der Waals surface area contributed by atoms with E-state index < -0.39 is 14.9 Å². The van der Waals surface area contributed by atoms with Gasteiger partial charge in [-0.2, -0.15) is 4.31 Å². The Morgan fingerprint density at radius 2 is 1.86 bits per heavy atom. The molecule has 0 spiro atoms. The zero-order chi connectivity index (χ0) is 15.6. The van der Waals surface area contributed by atoms with E-state index in [1.807, 2.05) is 13.0 Å². The first-order valence-corrected chi connectivity index (χ1v) is 8.57. The predicted octanol–water partition coefficient (Wildman–Crippen LogP) is 1.23. The fourth-order valence-electron chi connectivity index (χ4n) is 2.53. The molecule has 1 aliphatic heterocycles. The van der Waals surface area contributed by atoms with Gasteiger partial charge in [-0.25, -0.2) is 8.42 Å². The second kappa shape index (κ2) is 6.08. The number of nitrogens with zero attached hydrogens (tertiary/aromatic N) is 3. The van der Waals surface area contributed by atoms with Crippen molar-refractivity contribution in [2.45, 2.75) is 13.0 Å². The fraction of sp³-hybridized carbons (Fsp3) is 0.538. The topological polar surface area (TPSA) is 83.8 Å². The second-order valence-corrected chi connectivity index (χ2v) is 7.21. The summed E-state index contributed by atoms with van der Waals surface area (Å²) in [5.74, 6) is 0. The third-order valence-electron chi connectivity index (χ3n) is 3.85. The van der Waals surface area contributed by atoms with Gasteiger partial charge < -0.3 is 0 Å². The molecule has 0 saturated carbocycles. The number of nitro benzene ring substituents is 1. The van der Waals surface area contributed by atoms with E-state index in [-0.39, 0.29) is 11.7 Å². The monoisotopic (exact) mass is 313 g/mol. The predicted molar refractivity (Wildman–Crippen MR) is 79.5 cm³/mol. The first kappa shape index (κ1) is 15.9. The van der Waals surface area contributed by atoms with Crippen LogP contribution >= 0.6 is 0 Å². The Balaban J connectivity index is 2.07. The zero-order valence-corrected chi connectivity index (χ0v) is 12.9. The number of benzene rings is 1. The molecule has 8 heteroatoms. The molecule has 1 saturated heterocycles. The molecule has 0 unspecified atom stereocenters. The molecule has 0 aromatic heterocycles. The van der Waals surface area contributed by atoms with Gasteiger partial charge in [0.2, 0.25) is 10.0 Å². The number of sulfonamides is 1. The molecule has 1 aliphatic rings. The highest BCUT2D eigenvalue weighted by Crippen LogP contribution is 2.25. The van der Waals surface area contributed by atoms with Crippen LogP contribution in [-0.2, 0) is 10.0 Å². The van der Waals surface area contributed by atoms with Crippen molar-refractivity contribution in [3.8, 4) is 0 Å². The minimum absolute atomic E-state index is 0.0200. The van der Waals surface area contributed by atoms with Gasteiger partial charge in [0.25, 0.3) is 5.69 Å². The molecular weight excluding hydrogens is 294 g/mol. The van der Waals surface area contributed by atoms with Crippen LogP contribution in [0.2, 0.25) is 0 Å². The van der Waals surface area contributed by atoms with Crippen LogP contribution in [0.25, 0.3) is 0 Å². The Labute approximate surface area is 124 Å². The molecule has 1 atom stereocenters. The average Bonchev–Trinajstić information content (AvgIpc) is 2.46. The van der Waals surface area contributed by atoms with E-state index in [4.69, 9.17) is 0 Å². The van der Waals surface area contributed by atoms with Gasteiger partial charge in [0.15, 0.2) is 0 Å². The van der Waals surface area contributed by atoms with Gasteiger partial charge in [0.05, 0.1) is 11.2 Å². The number of hydrogen-bond acceptors (Lipinski definition) is 5. The maximum atomic E-state index is 11.5. The van der Waals surface area contributed by atoms with Crippen molar-refractivity contribution in [1.82, 2.24) is 9.21 Å². The minimum Gasteiger partial charge on any atom is -0.294 e. The van der Waals surface area contributed by atoms with E-state index in [2.05, 4.69) is 4.90 Å². The molecule has 1 fully saturated rings. The molecule has 0 N–H and O–H groups in total. The van der Waals surface area contributed by atoms with Gasteiger partial charge in [-0.15, -0.1) is 0 Å². The zero-order valence-electron chi connectivity index (χ0n) is 12.1. The number of nitro groups is 1. The van der Waals surface area contributed by atoms with Crippen LogP contribution in [0.3, 0.4) is 0 Å². The Morgan fingerprint density at radius 1 is 1.24 bits per heavy atom. The summed E-state index contributed by atoms with van der Waals surface area (Å²) in [5, 5.41) is 10.8. The summed E-state index contributed by atoms with van der Waals surface area (Å²) in [5.41, 5.74) is 0.950. The summed E-state index contributed by atoms with van der Waals surface area (Å²) in [4.78, 5) is 12.6. The largest absolute Gasteiger partial charge is 0.294 e. The molecule has 0 amide bonds. The Kier molecular flexibility index (Phi) is 4.60. The second-order valence-electron chi connectivity index (χ2n) is 5.23. The van der Waals surface area contributed by atoms with Gasteiger partial charge >= 0.3 is 0 Å². The Morgan fingerprint density at radius 3 is 2.38 bits per heavy atom. The summed E-state index contributed by atoms with van der Waals surface area (Å²) in [7, 11) is -3.14. The normalized spacial score (nSPS) is 19.3. The van der Waals surface area contributed by atoms with E-state index in [1.54, 1.807) is 12.1 Å². The summed E-state index contributed by atoms with van der Waals surface area (Å²) in [6.07, 6.45) is 1.21. The van der Waals surface area contributed by atoms with Gasteiger partial charge in [0.1, 0.15) is 0 Å². The van der Waals surface area contributed by atoms with Crippen LogP contribution in [0.5, 0.6) is 0 Å². The van der Waals surface area contributed by atoms with Crippen molar-refractivity contribution in [3.05, 3.63) is 39.9 Å². The van der Waals surface area contributed by atoms with Crippen LogP contribution < -0.4 is 0 Å². The molecule has 21 heavy (non-hydrogen) atoms. The summed E-state index contributed by atoms with van der Waals surface area (Å²) < 4.78 is 24.4. The van der Waals surface area contributed by atoms with Crippen LogP contribution in [0.4, 0.5) is 5.69 Å². The fourth-order valence-corrected chi connectivity index (χ4v) is 3.36. The van der Waals surface area contributed by atoms with Crippen LogP contribution in [-0.4, -0.2) is 55.0 Å². The van der Waals surface area contributed by atoms with Crippen molar-refractivity contribution in [1.29, 1.82) is 0 Å². The van der Waals surface area contributed by atoms with Crippen molar-refractivity contribution in [3.63, 3.8) is 0 Å². The van der Waals surface area contributed by atoms with Crippen LogP contribution in [0.15, 0.2) is 24.3 Å². The third-order valence-corrected chi connectivity index (χ3v) is 5.16. The molecule has 1 aromatic carbocycles. The third kappa shape index (κ3) is 3.78. The SMILES string of the molecule is C[C@@H](c1cccc([N+](=O)[O-])c1)N1CCN(S(C)(=O)=O)CC1. The van der Waals surface area contributed by atoms with E-state index >= 15 is 0 Å². The Bertz CT molecular complexity index is 624. The van der Waals surface area contributed by atoms with Gasteiger partial charge in [0, 0.05) is 44.4 Å². The first-order valence-electron chi connectivity index (χ1n) is 6.72. The highest BCUT2D eigenvalue weighted by atomic mass is 32.2. The summed E-state index contributed by atoms with van der Waals surface area (Å²) >= 11 is 0. The molecule has 116 valence electrons. The van der Waals surface area contributed by atoms with Crippen molar-refractivity contribution in [2.24, 2.45) is 0 Å². The highest BCUT2D eigenvalue weighted by molar-refractivity contribution is 7.88. The van der Waals surface area contributed by atoms with E-state index in [0.717, 1.165) is 5.56 Å². The lowest BCUT2D eigenvalue weighted by atomic mass is 10.1. The number of hydrogen-bond donors (Lipinski definition) is 0. The van der Waals surface area contributed by atoms with Gasteiger partial charge in [-0.1, -0.05) is 12.1 Å². The van der Waals surface area contributed by atoms with Gasteiger partial charge in [-0.3, -0.25) is 15.0 Å². The number of piperazine rings is 1. The summed E-state index contributed by atoms with van der Waals surface area (Å²) in [6.45, 7) is 4.14. The standard InChI is InChI=1S/C13H19N3O4S/c1-11(12-4-3-5-13(10-12)16(17)18)14-6-8-15(9-7-14)21(2,19)20/h3-5,10-11H,6-9H2,1-2H3/t11-/m0/s1. The summed E-state index contributed by atoms with van der Waals surface area (Å²) in [6, 6.07) is 6.61. The maximum Gasteiger partial charge on any atom is 0.269 e. The molecular formula is C13H19N3O4S. The van der Waals surface area contributed by atoms with Crippen molar-refractivity contribution < 1.29 is 13.3 Å². The molecule has 1 aromatic rings. The number of rotatable bonds is 4. The lowest BCUT2D eigenvalue weighted by Gasteiger charge is -2.37. The molecule has 2 rings (SSSR count). The molecule has 0 bridgehead atoms. The molecule has 0 aliphatic carbocycles. The minimum atomic E-state index is -3.14. The smallest absolute Gasteiger partial charge is 0.269 e. The van der Waals surface area contributed by atoms with Crippen molar-refractivity contribution in [2.75, 3.05) is 32.4 Å². The Hall–Kier alpha value is -1.51. The first-order chi connectivity index (χ1) is 9.79. The van der Waals surface area contributed by atoms with Gasteiger partial charge in [-0.05, 0) is 12.5 Å². The van der Waals surface area contributed by atoms with E-state index in [1.165, 1.54) is 16.6 Å². The van der Waals surface area contributed by atoms with Crippen LogP contribution in [0, 0.1) is 10.1 Å². The molecule has 0 radical (unpaired) electrons. The van der Waals surface area contributed by atoms with E-state index in [0.29, 0.717) is 26.2 Å². The molecule has 7 nitrogen and oxygen atoms in total. The van der Waals surface area contributed by atoms with Crippen molar-refractivity contribution >= 4 is 15.7 Å². The lowest BCUT2D eigenvalue weighted by molar-refractivity contribution is -0.385.